The van der Waals surface area contributed by atoms with E-state index < -0.39 is 6.04 Å². The van der Waals surface area contributed by atoms with Crippen molar-refractivity contribution in [3.8, 4) is 5.75 Å². The zero-order valence-electron chi connectivity index (χ0n) is 19.2. The predicted molar refractivity (Wildman–Crippen MR) is 124 cm³/mol. The van der Waals surface area contributed by atoms with Gasteiger partial charge >= 0.3 is 0 Å². The second-order valence-electron chi connectivity index (χ2n) is 8.92. The highest BCUT2D eigenvalue weighted by Gasteiger charge is 2.34. The number of anilines is 1. The molecule has 3 rings (SSSR count). The first-order chi connectivity index (χ1) is 14.8. The third kappa shape index (κ3) is 6.29. The summed E-state index contributed by atoms with van der Waals surface area (Å²) in [5.41, 5.74) is 1.51. The molecule has 0 unspecified atom stereocenters. The highest BCUT2D eigenvalue weighted by molar-refractivity contribution is 5.95. The van der Waals surface area contributed by atoms with E-state index in [4.69, 9.17) is 9.47 Å². The molecule has 0 saturated carbocycles. The molecule has 1 fully saturated rings. The van der Waals surface area contributed by atoms with E-state index in [0.717, 1.165) is 18.7 Å². The number of ether oxygens (including phenoxy) is 2. The summed E-state index contributed by atoms with van der Waals surface area (Å²) in [5.74, 6) is 0.609. The number of benzene rings is 2. The minimum absolute atomic E-state index is 0.0982. The number of nitrogens with zero attached hydrogens (tertiary/aromatic N) is 1. The Morgan fingerprint density at radius 3 is 2.45 bits per heavy atom. The van der Waals surface area contributed by atoms with Crippen molar-refractivity contribution in [1.82, 2.24) is 10.2 Å². The maximum absolute atomic E-state index is 13.3. The SMILES string of the molecule is COc1cccc(NC(=O)[C@H](NCC(C)(C)N2C[C@@H](C)O[C@H](C)C2)c2ccccc2)c1. The van der Waals surface area contributed by atoms with Crippen molar-refractivity contribution in [2.45, 2.75) is 51.5 Å². The fourth-order valence-corrected chi connectivity index (χ4v) is 4.06. The van der Waals surface area contributed by atoms with Gasteiger partial charge in [0.15, 0.2) is 0 Å². The molecule has 0 aliphatic carbocycles. The Morgan fingerprint density at radius 2 is 1.81 bits per heavy atom. The summed E-state index contributed by atoms with van der Waals surface area (Å²) in [6, 6.07) is 16.8. The molecule has 0 radical (unpaired) electrons. The maximum Gasteiger partial charge on any atom is 0.246 e. The molecule has 0 spiro atoms. The lowest BCUT2D eigenvalue weighted by Gasteiger charge is -2.45. The Kier molecular flexibility index (Phi) is 7.70. The normalized spacial score (nSPS) is 20.8. The van der Waals surface area contributed by atoms with Gasteiger partial charge < -0.3 is 20.1 Å². The highest BCUT2D eigenvalue weighted by atomic mass is 16.5. The fraction of sp³-hybridized carbons (Fsp3) is 0.480. The van der Waals surface area contributed by atoms with Gasteiger partial charge in [0, 0.05) is 36.9 Å². The Hall–Kier alpha value is -2.41. The molecule has 2 aromatic rings. The average molecular weight is 426 g/mol. The summed E-state index contributed by atoms with van der Waals surface area (Å²) in [6.45, 7) is 11.1. The number of hydrogen-bond donors (Lipinski definition) is 2. The van der Waals surface area contributed by atoms with Gasteiger partial charge in [-0.3, -0.25) is 9.69 Å². The minimum atomic E-state index is -0.470. The zero-order chi connectivity index (χ0) is 22.4. The van der Waals surface area contributed by atoms with Crippen molar-refractivity contribution in [3.63, 3.8) is 0 Å². The van der Waals surface area contributed by atoms with E-state index in [2.05, 4.69) is 43.2 Å². The van der Waals surface area contributed by atoms with Crippen molar-refractivity contribution in [1.29, 1.82) is 0 Å². The Bertz CT molecular complexity index is 846. The number of morpholine rings is 1. The van der Waals surface area contributed by atoms with Crippen molar-refractivity contribution in [2.24, 2.45) is 0 Å². The Morgan fingerprint density at radius 1 is 1.13 bits per heavy atom. The first kappa shape index (κ1) is 23.3. The average Bonchev–Trinajstić information content (AvgIpc) is 2.74. The quantitative estimate of drug-likeness (QED) is 0.673. The van der Waals surface area contributed by atoms with E-state index >= 15 is 0 Å². The molecule has 168 valence electrons. The van der Waals surface area contributed by atoms with E-state index in [9.17, 15) is 4.79 Å². The molecule has 1 amide bonds. The fourth-order valence-electron chi connectivity index (χ4n) is 4.06. The van der Waals surface area contributed by atoms with E-state index in [-0.39, 0.29) is 23.7 Å². The first-order valence-electron chi connectivity index (χ1n) is 10.9. The largest absolute Gasteiger partial charge is 0.497 e. The van der Waals surface area contributed by atoms with E-state index in [1.54, 1.807) is 7.11 Å². The standard InChI is InChI=1S/C25H35N3O3/c1-18-15-28(16-19(2)31-18)25(3,4)17-26-23(20-10-7-6-8-11-20)24(29)27-21-12-9-13-22(14-21)30-5/h6-14,18-19,23,26H,15-17H2,1-5H3,(H,27,29)/t18-,19-,23-/m1/s1. The molecule has 6 nitrogen and oxygen atoms in total. The smallest absolute Gasteiger partial charge is 0.246 e. The first-order valence-corrected chi connectivity index (χ1v) is 10.9. The second-order valence-corrected chi connectivity index (χ2v) is 8.92. The predicted octanol–water partition coefficient (Wildman–Crippen LogP) is 3.85. The van der Waals surface area contributed by atoms with Crippen LogP contribution in [0.1, 0.15) is 39.3 Å². The van der Waals surface area contributed by atoms with Crippen molar-refractivity contribution >= 4 is 11.6 Å². The third-order valence-electron chi connectivity index (χ3n) is 5.75. The highest BCUT2D eigenvalue weighted by Crippen LogP contribution is 2.24. The van der Waals surface area contributed by atoms with Crippen LogP contribution in [0.25, 0.3) is 0 Å². The van der Waals surface area contributed by atoms with Crippen molar-refractivity contribution in [3.05, 3.63) is 60.2 Å². The third-order valence-corrected chi connectivity index (χ3v) is 5.75. The van der Waals surface area contributed by atoms with Gasteiger partial charge in [0.25, 0.3) is 0 Å². The maximum atomic E-state index is 13.3. The van der Waals surface area contributed by atoms with Gasteiger partial charge in [-0.15, -0.1) is 0 Å². The van der Waals surface area contributed by atoms with Gasteiger partial charge in [0.2, 0.25) is 5.91 Å². The molecule has 2 N–H and O–H groups in total. The number of hydrogen-bond acceptors (Lipinski definition) is 5. The molecule has 1 aliphatic rings. The molecule has 6 heteroatoms. The molecule has 3 atom stereocenters. The number of methoxy groups -OCH3 is 1. The molecule has 2 aromatic carbocycles. The van der Waals surface area contributed by atoms with E-state index in [1.807, 2.05) is 54.6 Å². The summed E-state index contributed by atoms with van der Waals surface area (Å²) in [4.78, 5) is 15.7. The second kappa shape index (κ2) is 10.3. The number of carbonyl (C=O) groups is 1. The molecule has 1 aliphatic heterocycles. The Balaban J connectivity index is 1.74. The lowest BCUT2D eigenvalue weighted by molar-refractivity contribution is -0.119. The van der Waals surface area contributed by atoms with Crippen LogP contribution >= 0.6 is 0 Å². The molecule has 31 heavy (non-hydrogen) atoms. The minimum Gasteiger partial charge on any atom is -0.497 e. The van der Waals surface area contributed by atoms with Crippen LogP contribution in [0.3, 0.4) is 0 Å². The van der Waals surface area contributed by atoms with Gasteiger partial charge in [-0.05, 0) is 45.4 Å². The van der Waals surface area contributed by atoms with Crippen molar-refractivity contribution < 1.29 is 14.3 Å². The van der Waals surface area contributed by atoms with Gasteiger partial charge in [-0.2, -0.15) is 0 Å². The van der Waals surface area contributed by atoms with Crippen LogP contribution in [-0.2, 0) is 9.53 Å². The number of nitrogens with one attached hydrogen (secondary N) is 2. The van der Waals surface area contributed by atoms with Crippen molar-refractivity contribution in [2.75, 3.05) is 32.1 Å². The van der Waals surface area contributed by atoms with Gasteiger partial charge in [0.1, 0.15) is 11.8 Å². The number of rotatable bonds is 8. The number of carbonyl (C=O) groups excluding carboxylic acids is 1. The van der Waals surface area contributed by atoms with Crippen LogP contribution < -0.4 is 15.4 Å². The summed E-state index contributed by atoms with van der Waals surface area (Å²) >= 11 is 0. The molecular weight excluding hydrogens is 390 g/mol. The molecular formula is C25H35N3O3. The molecule has 0 bridgehead atoms. The zero-order valence-corrected chi connectivity index (χ0v) is 19.2. The van der Waals surface area contributed by atoms with Gasteiger partial charge in [0.05, 0.1) is 19.3 Å². The van der Waals surface area contributed by atoms with Crippen LogP contribution in [0.4, 0.5) is 5.69 Å². The molecule has 0 aromatic heterocycles. The summed E-state index contributed by atoms with van der Waals surface area (Å²) in [6.07, 6.45) is 0.397. The van der Waals surface area contributed by atoms with E-state index in [1.165, 1.54) is 0 Å². The Labute approximate surface area is 185 Å². The number of amides is 1. The van der Waals surface area contributed by atoms with Crippen LogP contribution in [0.15, 0.2) is 54.6 Å². The van der Waals surface area contributed by atoms with Gasteiger partial charge in [-0.25, -0.2) is 0 Å². The van der Waals surface area contributed by atoms with Gasteiger partial charge in [-0.1, -0.05) is 36.4 Å². The van der Waals surface area contributed by atoms with Crippen LogP contribution in [0.5, 0.6) is 5.75 Å². The summed E-state index contributed by atoms with van der Waals surface area (Å²) < 4.78 is 11.2. The summed E-state index contributed by atoms with van der Waals surface area (Å²) in [5, 5.41) is 6.56. The van der Waals surface area contributed by atoms with Crippen LogP contribution in [-0.4, -0.2) is 55.3 Å². The lowest BCUT2D eigenvalue weighted by Crippen LogP contribution is -2.58. The molecule has 1 saturated heterocycles. The molecule has 1 heterocycles. The lowest BCUT2D eigenvalue weighted by atomic mass is 9.98. The summed E-state index contributed by atoms with van der Waals surface area (Å²) in [7, 11) is 1.62. The topological polar surface area (TPSA) is 62.8 Å². The monoisotopic (exact) mass is 425 g/mol. The van der Waals surface area contributed by atoms with Crippen LogP contribution in [0.2, 0.25) is 0 Å². The van der Waals surface area contributed by atoms with E-state index in [0.29, 0.717) is 18.0 Å². The van der Waals surface area contributed by atoms with Crippen LogP contribution in [0, 0.1) is 0 Å².